The second-order valence-corrected chi connectivity index (χ2v) is 10.4. The van der Waals surface area contributed by atoms with E-state index in [4.69, 9.17) is 25.2 Å². The minimum atomic E-state index is -4.60. The standard InChI is InChI=1S/C29H26ClF3NO5P/c1-3-24(29(31,32)33)15-14-21(2)34-28(35)26-18-25(30)16-17-27(26)39-40(36,37-19-22-10-6-4-7-11-22)38-20-23-12-8-5-9-13-23/h3-18H,1,19-20H2,2H3,(H,34,35)/b21-14+,24-15+. The lowest BCUT2D eigenvalue weighted by Crippen LogP contribution is -2.22. The Bertz CT molecular complexity index is 1380. The highest BCUT2D eigenvalue weighted by Gasteiger charge is 2.32. The molecule has 0 aromatic heterocycles. The van der Waals surface area contributed by atoms with E-state index in [9.17, 15) is 22.5 Å². The molecule has 210 valence electrons. The van der Waals surface area contributed by atoms with Crippen LogP contribution >= 0.6 is 19.4 Å². The molecule has 0 saturated heterocycles. The van der Waals surface area contributed by atoms with Crippen molar-refractivity contribution in [3.05, 3.63) is 137 Å². The van der Waals surface area contributed by atoms with Gasteiger partial charge in [-0.15, -0.1) is 0 Å². The third kappa shape index (κ3) is 9.54. The summed E-state index contributed by atoms with van der Waals surface area (Å²) in [6, 6.07) is 21.8. The van der Waals surface area contributed by atoms with Crippen molar-refractivity contribution in [2.75, 3.05) is 0 Å². The topological polar surface area (TPSA) is 73.9 Å². The van der Waals surface area contributed by atoms with Gasteiger partial charge in [0.25, 0.3) is 5.91 Å². The van der Waals surface area contributed by atoms with E-state index in [1.165, 1.54) is 25.1 Å². The fraction of sp³-hybridized carbons (Fsp3) is 0.138. The van der Waals surface area contributed by atoms with Gasteiger partial charge in [-0.1, -0.05) is 84.9 Å². The zero-order chi connectivity index (χ0) is 29.2. The number of allylic oxidation sites excluding steroid dienone is 5. The van der Waals surface area contributed by atoms with Crippen molar-refractivity contribution in [2.45, 2.75) is 26.3 Å². The number of benzene rings is 3. The Morgan fingerprint density at radius 3 is 2.00 bits per heavy atom. The maximum Gasteiger partial charge on any atom is 0.530 e. The lowest BCUT2D eigenvalue weighted by Gasteiger charge is -2.20. The quantitative estimate of drug-likeness (QED) is 0.169. The Balaban J connectivity index is 1.86. The molecule has 40 heavy (non-hydrogen) atoms. The van der Waals surface area contributed by atoms with Crippen molar-refractivity contribution in [2.24, 2.45) is 0 Å². The van der Waals surface area contributed by atoms with Gasteiger partial charge in [-0.05, 0) is 48.4 Å². The normalized spacial score (nSPS) is 12.6. The molecule has 3 rings (SSSR count). The van der Waals surface area contributed by atoms with E-state index in [-0.39, 0.29) is 35.2 Å². The van der Waals surface area contributed by atoms with Crippen LogP contribution in [-0.4, -0.2) is 12.1 Å². The van der Waals surface area contributed by atoms with Crippen LogP contribution in [0.3, 0.4) is 0 Å². The van der Waals surface area contributed by atoms with Crippen molar-refractivity contribution in [3.8, 4) is 5.75 Å². The first-order valence-electron chi connectivity index (χ1n) is 11.8. The van der Waals surface area contributed by atoms with Crippen LogP contribution in [-0.2, 0) is 26.8 Å². The summed E-state index contributed by atoms with van der Waals surface area (Å²) in [7, 11) is -4.32. The van der Waals surface area contributed by atoms with Gasteiger partial charge >= 0.3 is 14.0 Å². The Labute approximate surface area is 235 Å². The number of phosphoric ester groups is 1. The fourth-order valence-electron chi connectivity index (χ4n) is 3.21. The molecule has 0 aliphatic carbocycles. The average molecular weight is 592 g/mol. The lowest BCUT2D eigenvalue weighted by molar-refractivity contribution is -0.0881. The number of rotatable bonds is 12. The molecule has 0 atom stereocenters. The molecule has 1 amide bonds. The van der Waals surface area contributed by atoms with Crippen molar-refractivity contribution in [3.63, 3.8) is 0 Å². The summed E-state index contributed by atoms with van der Waals surface area (Å²) >= 11 is 6.10. The number of hydrogen-bond donors (Lipinski definition) is 1. The highest BCUT2D eigenvalue weighted by atomic mass is 35.5. The van der Waals surface area contributed by atoms with Gasteiger partial charge in [-0.2, -0.15) is 13.2 Å². The molecule has 3 aromatic carbocycles. The summed E-state index contributed by atoms with van der Waals surface area (Å²) in [6.45, 7) is 4.33. The molecule has 0 heterocycles. The van der Waals surface area contributed by atoms with Crippen molar-refractivity contribution < 1.29 is 36.1 Å². The highest BCUT2D eigenvalue weighted by Crippen LogP contribution is 2.51. The van der Waals surface area contributed by atoms with Gasteiger partial charge in [0.15, 0.2) is 0 Å². The molecule has 0 radical (unpaired) electrons. The lowest BCUT2D eigenvalue weighted by atomic mass is 10.2. The van der Waals surface area contributed by atoms with E-state index < -0.39 is 25.5 Å². The van der Waals surface area contributed by atoms with Crippen LogP contribution in [0, 0.1) is 0 Å². The smallest absolute Gasteiger partial charge is 0.403 e. The second-order valence-electron chi connectivity index (χ2n) is 8.32. The van der Waals surface area contributed by atoms with Crippen LogP contribution < -0.4 is 9.84 Å². The maximum absolute atomic E-state index is 13.7. The first-order chi connectivity index (χ1) is 19.0. The van der Waals surface area contributed by atoms with E-state index in [1.54, 1.807) is 48.5 Å². The van der Waals surface area contributed by atoms with Crippen molar-refractivity contribution in [1.29, 1.82) is 0 Å². The molecule has 0 spiro atoms. The number of carbonyl (C=O) groups is 1. The SMILES string of the molecule is C=C/C(=C\C=C(/C)NC(=O)c1cc(Cl)ccc1OP(=O)(OCc1ccccc1)OCc1ccccc1)C(F)(F)F. The van der Waals surface area contributed by atoms with Gasteiger partial charge in [0, 0.05) is 10.7 Å². The summed E-state index contributed by atoms with van der Waals surface area (Å²) in [5.74, 6) is -0.943. The fourth-order valence-corrected chi connectivity index (χ4v) is 4.57. The van der Waals surface area contributed by atoms with Gasteiger partial charge in [0.1, 0.15) is 5.75 Å². The van der Waals surface area contributed by atoms with Gasteiger partial charge in [0.05, 0.1) is 24.4 Å². The Kier molecular flexibility index (Phi) is 10.9. The van der Waals surface area contributed by atoms with Crippen LogP contribution in [0.5, 0.6) is 5.75 Å². The van der Waals surface area contributed by atoms with Gasteiger partial charge in [-0.25, -0.2) is 4.57 Å². The first-order valence-corrected chi connectivity index (χ1v) is 13.7. The molecular weight excluding hydrogens is 566 g/mol. The molecule has 0 unspecified atom stereocenters. The van der Waals surface area contributed by atoms with Gasteiger partial charge in [0.2, 0.25) is 0 Å². The maximum atomic E-state index is 13.7. The van der Waals surface area contributed by atoms with Crippen molar-refractivity contribution in [1.82, 2.24) is 5.32 Å². The van der Waals surface area contributed by atoms with Crippen LogP contribution in [0.25, 0.3) is 0 Å². The molecule has 11 heteroatoms. The zero-order valence-electron chi connectivity index (χ0n) is 21.4. The summed E-state index contributed by atoms with van der Waals surface area (Å²) in [4.78, 5) is 13.1. The predicted molar refractivity (Wildman–Crippen MR) is 148 cm³/mol. The molecular formula is C29H26ClF3NO5P. The average Bonchev–Trinajstić information content (AvgIpc) is 2.92. The summed E-state index contributed by atoms with van der Waals surface area (Å²) in [5.41, 5.74) is 0.365. The number of amides is 1. The van der Waals surface area contributed by atoms with E-state index >= 15 is 0 Å². The van der Waals surface area contributed by atoms with Crippen molar-refractivity contribution >= 4 is 25.3 Å². The van der Waals surface area contributed by atoms with E-state index in [2.05, 4.69) is 11.9 Å². The Hall–Kier alpha value is -3.62. The van der Waals surface area contributed by atoms with Gasteiger partial charge < -0.3 is 9.84 Å². The molecule has 0 fully saturated rings. The number of halogens is 4. The van der Waals surface area contributed by atoms with E-state index in [1.807, 2.05) is 12.1 Å². The summed E-state index contributed by atoms with van der Waals surface area (Å²) in [6.07, 6.45) is -2.08. The molecule has 0 saturated carbocycles. The largest absolute Gasteiger partial charge is 0.530 e. The number of nitrogens with one attached hydrogen (secondary N) is 1. The molecule has 0 aliphatic heterocycles. The third-order valence-corrected chi connectivity index (χ3v) is 6.78. The zero-order valence-corrected chi connectivity index (χ0v) is 23.0. The molecule has 0 aliphatic rings. The first kappa shape index (κ1) is 30.9. The summed E-state index contributed by atoms with van der Waals surface area (Å²) < 4.78 is 69.5. The number of alkyl halides is 3. The van der Waals surface area contributed by atoms with E-state index in [0.717, 1.165) is 12.2 Å². The summed E-state index contributed by atoms with van der Waals surface area (Å²) in [5, 5.41) is 2.62. The minimum absolute atomic E-state index is 0.0864. The molecule has 3 aromatic rings. The highest BCUT2D eigenvalue weighted by molar-refractivity contribution is 7.48. The molecule has 0 bridgehead atoms. The second kappa shape index (κ2) is 14.1. The third-order valence-electron chi connectivity index (χ3n) is 5.23. The predicted octanol–water partition coefficient (Wildman–Crippen LogP) is 8.57. The van der Waals surface area contributed by atoms with Crippen LogP contribution in [0.15, 0.2) is 115 Å². The van der Waals surface area contributed by atoms with Crippen LogP contribution in [0.4, 0.5) is 13.2 Å². The monoisotopic (exact) mass is 591 g/mol. The molecule has 1 N–H and O–H groups in total. The number of phosphoric acid groups is 1. The van der Waals surface area contributed by atoms with Gasteiger partial charge in [-0.3, -0.25) is 13.8 Å². The Morgan fingerprint density at radius 2 is 1.50 bits per heavy atom. The molecule has 6 nitrogen and oxygen atoms in total. The Morgan fingerprint density at radius 1 is 0.950 bits per heavy atom. The number of carbonyl (C=O) groups excluding carboxylic acids is 1. The minimum Gasteiger partial charge on any atom is -0.403 e. The number of hydrogen-bond acceptors (Lipinski definition) is 5. The van der Waals surface area contributed by atoms with Crippen LogP contribution in [0.1, 0.15) is 28.4 Å². The van der Waals surface area contributed by atoms with E-state index in [0.29, 0.717) is 17.2 Å². The van der Waals surface area contributed by atoms with Crippen LogP contribution in [0.2, 0.25) is 5.02 Å².